The predicted molar refractivity (Wildman–Crippen MR) is 70.9 cm³/mol. The zero-order chi connectivity index (χ0) is 13.2. The Morgan fingerprint density at radius 1 is 1.39 bits per heavy atom. The highest BCUT2D eigenvalue weighted by Gasteiger charge is 2.41. The van der Waals surface area contributed by atoms with Crippen LogP contribution in [0.15, 0.2) is 24.3 Å². The SMILES string of the molecule is CN(C)C[C@H]1CCC[C@]1(O)Cc1ccccc1F. The van der Waals surface area contributed by atoms with E-state index >= 15 is 0 Å². The largest absolute Gasteiger partial charge is 0.389 e. The summed E-state index contributed by atoms with van der Waals surface area (Å²) in [6, 6.07) is 6.76. The topological polar surface area (TPSA) is 23.5 Å². The van der Waals surface area contributed by atoms with Gasteiger partial charge >= 0.3 is 0 Å². The minimum Gasteiger partial charge on any atom is -0.389 e. The Labute approximate surface area is 108 Å². The van der Waals surface area contributed by atoms with Gasteiger partial charge in [-0.1, -0.05) is 24.6 Å². The molecule has 2 atom stereocenters. The molecule has 0 aliphatic heterocycles. The van der Waals surface area contributed by atoms with Gasteiger partial charge in [-0.3, -0.25) is 0 Å². The maximum absolute atomic E-state index is 13.7. The summed E-state index contributed by atoms with van der Waals surface area (Å²) in [5.74, 6) is 0.0357. The van der Waals surface area contributed by atoms with Crippen LogP contribution in [0, 0.1) is 11.7 Å². The molecule has 1 aliphatic carbocycles. The number of hydrogen-bond donors (Lipinski definition) is 1. The number of benzene rings is 1. The minimum absolute atomic E-state index is 0.207. The zero-order valence-corrected chi connectivity index (χ0v) is 11.2. The van der Waals surface area contributed by atoms with Crippen LogP contribution in [0.2, 0.25) is 0 Å². The molecule has 1 saturated carbocycles. The van der Waals surface area contributed by atoms with Gasteiger partial charge in [0.05, 0.1) is 5.60 Å². The predicted octanol–water partition coefficient (Wildman–Crippen LogP) is 2.46. The fourth-order valence-corrected chi connectivity index (χ4v) is 3.03. The maximum atomic E-state index is 13.7. The standard InChI is InChI=1S/C15H22FNO/c1-17(2)11-13-7-5-9-15(13,18)10-12-6-3-4-8-14(12)16/h3-4,6,8,13,18H,5,7,9-11H2,1-2H3/t13-,15+/m1/s1. The van der Waals surface area contributed by atoms with E-state index in [1.54, 1.807) is 12.1 Å². The summed E-state index contributed by atoms with van der Waals surface area (Å²) in [6.07, 6.45) is 3.27. The first kappa shape index (κ1) is 13.5. The van der Waals surface area contributed by atoms with Crippen molar-refractivity contribution < 1.29 is 9.50 Å². The van der Waals surface area contributed by atoms with E-state index in [4.69, 9.17) is 0 Å². The molecule has 1 aliphatic rings. The van der Waals surface area contributed by atoms with E-state index in [0.29, 0.717) is 12.0 Å². The average molecular weight is 251 g/mol. The van der Waals surface area contributed by atoms with Crippen LogP contribution in [0.25, 0.3) is 0 Å². The Kier molecular flexibility index (Phi) is 4.03. The van der Waals surface area contributed by atoms with E-state index in [-0.39, 0.29) is 11.7 Å². The lowest BCUT2D eigenvalue weighted by Gasteiger charge is -2.32. The number of hydrogen-bond acceptors (Lipinski definition) is 2. The van der Waals surface area contributed by atoms with Gasteiger partial charge in [0, 0.05) is 18.9 Å². The second-order valence-corrected chi connectivity index (χ2v) is 5.72. The van der Waals surface area contributed by atoms with Crippen molar-refractivity contribution >= 4 is 0 Å². The van der Waals surface area contributed by atoms with Crippen LogP contribution in [0.5, 0.6) is 0 Å². The summed E-state index contributed by atoms with van der Waals surface area (Å²) in [4.78, 5) is 2.10. The van der Waals surface area contributed by atoms with Crippen molar-refractivity contribution in [3.05, 3.63) is 35.6 Å². The first-order valence-corrected chi connectivity index (χ1v) is 6.62. The van der Waals surface area contributed by atoms with Crippen LogP contribution >= 0.6 is 0 Å². The fourth-order valence-electron chi connectivity index (χ4n) is 3.03. The van der Waals surface area contributed by atoms with E-state index in [0.717, 1.165) is 25.8 Å². The Morgan fingerprint density at radius 3 is 2.78 bits per heavy atom. The van der Waals surface area contributed by atoms with Crippen LogP contribution in [0.4, 0.5) is 4.39 Å². The summed E-state index contributed by atoms with van der Waals surface area (Å²) in [6.45, 7) is 0.866. The van der Waals surface area contributed by atoms with Gasteiger partial charge in [-0.05, 0) is 38.6 Å². The molecule has 0 spiro atoms. The summed E-state index contributed by atoms with van der Waals surface area (Å²) < 4.78 is 13.7. The van der Waals surface area contributed by atoms with Crippen molar-refractivity contribution in [2.24, 2.45) is 5.92 Å². The molecule has 0 heterocycles. The molecule has 0 bridgehead atoms. The second-order valence-electron chi connectivity index (χ2n) is 5.72. The Balaban J connectivity index is 2.13. The molecule has 2 rings (SSSR count). The Morgan fingerprint density at radius 2 is 2.11 bits per heavy atom. The molecule has 1 aromatic carbocycles. The molecule has 100 valence electrons. The Hall–Kier alpha value is -0.930. The smallest absolute Gasteiger partial charge is 0.126 e. The molecule has 0 radical (unpaired) electrons. The summed E-state index contributed by atoms with van der Waals surface area (Å²) in [7, 11) is 4.03. The van der Waals surface area contributed by atoms with Gasteiger partial charge in [-0.25, -0.2) is 4.39 Å². The number of aliphatic hydroxyl groups is 1. The number of nitrogens with zero attached hydrogens (tertiary/aromatic N) is 1. The van der Waals surface area contributed by atoms with E-state index in [2.05, 4.69) is 4.90 Å². The van der Waals surface area contributed by atoms with Gasteiger partial charge in [-0.2, -0.15) is 0 Å². The molecule has 3 heteroatoms. The summed E-state index contributed by atoms with van der Waals surface area (Å²) in [5, 5.41) is 10.8. The lowest BCUT2D eigenvalue weighted by molar-refractivity contribution is -0.00633. The van der Waals surface area contributed by atoms with Gasteiger partial charge in [0.1, 0.15) is 5.82 Å². The zero-order valence-electron chi connectivity index (χ0n) is 11.2. The molecule has 0 aromatic heterocycles. The van der Waals surface area contributed by atoms with Gasteiger partial charge in [0.2, 0.25) is 0 Å². The van der Waals surface area contributed by atoms with Crippen LogP contribution in [0.1, 0.15) is 24.8 Å². The second kappa shape index (κ2) is 5.37. The third-order valence-electron chi connectivity index (χ3n) is 3.96. The molecule has 0 unspecified atom stereocenters. The van der Waals surface area contributed by atoms with E-state index in [1.807, 2.05) is 20.2 Å². The molecule has 1 N–H and O–H groups in total. The van der Waals surface area contributed by atoms with Crippen molar-refractivity contribution in [1.29, 1.82) is 0 Å². The van der Waals surface area contributed by atoms with Crippen LogP contribution in [-0.4, -0.2) is 36.2 Å². The van der Waals surface area contributed by atoms with Gasteiger partial charge < -0.3 is 10.0 Å². The van der Waals surface area contributed by atoms with Gasteiger partial charge in [-0.15, -0.1) is 0 Å². The molecule has 1 fully saturated rings. The van der Waals surface area contributed by atoms with Gasteiger partial charge in [0.25, 0.3) is 0 Å². The summed E-state index contributed by atoms with van der Waals surface area (Å²) in [5.41, 5.74) is -0.113. The van der Waals surface area contributed by atoms with E-state index in [1.165, 1.54) is 6.07 Å². The normalized spacial score (nSPS) is 27.9. The van der Waals surface area contributed by atoms with Crippen molar-refractivity contribution in [3.8, 4) is 0 Å². The maximum Gasteiger partial charge on any atom is 0.126 e. The highest BCUT2D eigenvalue weighted by atomic mass is 19.1. The molecular weight excluding hydrogens is 229 g/mol. The third-order valence-corrected chi connectivity index (χ3v) is 3.96. The highest BCUT2D eigenvalue weighted by molar-refractivity contribution is 5.20. The monoisotopic (exact) mass is 251 g/mol. The molecular formula is C15H22FNO. The number of rotatable bonds is 4. The lowest BCUT2D eigenvalue weighted by atomic mass is 9.84. The van der Waals surface area contributed by atoms with Crippen LogP contribution in [-0.2, 0) is 6.42 Å². The Bertz CT molecular complexity index is 407. The summed E-state index contributed by atoms with van der Waals surface area (Å²) >= 11 is 0. The van der Waals surface area contributed by atoms with Crippen molar-refractivity contribution in [2.75, 3.05) is 20.6 Å². The van der Waals surface area contributed by atoms with E-state index in [9.17, 15) is 9.50 Å². The molecule has 0 amide bonds. The van der Waals surface area contributed by atoms with Crippen LogP contribution in [0.3, 0.4) is 0 Å². The lowest BCUT2D eigenvalue weighted by Crippen LogP contribution is -2.41. The fraction of sp³-hybridized carbons (Fsp3) is 0.600. The first-order valence-electron chi connectivity index (χ1n) is 6.62. The first-order chi connectivity index (χ1) is 8.51. The molecule has 18 heavy (non-hydrogen) atoms. The molecule has 2 nitrogen and oxygen atoms in total. The van der Waals surface area contributed by atoms with E-state index < -0.39 is 5.60 Å². The highest BCUT2D eigenvalue weighted by Crippen LogP contribution is 2.38. The molecule has 1 aromatic rings. The quantitative estimate of drug-likeness (QED) is 0.888. The van der Waals surface area contributed by atoms with Crippen molar-refractivity contribution in [3.63, 3.8) is 0 Å². The third kappa shape index (κ3) is 2.90. The van der Waals surface area contributed by atoms with Gasteiger partial charge in [0.15, 0.2) is 0 Å². The average Bonchev–Trinajstić information content (AvgIpc) is 2.63. The van der Waals surface area contributed by atoms with Crippen molar-refractivity contribution in [1.82, 2.24) is 4.90 Å². The van der Waals surface area contributed by atoms with Crippen molar-refractivity contribution in [2.45, 2.75) is 31.3 Å². The number of halogens is 1. The minimum atomic E-state index is -0.744. The van der Waals surface area contributed by atoms with Crippen LogP contribution < -0.4 is 0 Å². The molecule has 0 saturated heterocycles.